The topological polar surface area (TPSA) is 73.2 Å². The van der Waals surface area contributed by atoms with Gasteiger partial charge in [0, 0.05) is 5.69 Å². The number of amides is 1. The first kappa shape index (κ1) is 17.2. The molecule has 1 aromatic carbocycles. The summed E-state index contributed by atoms with van der Waals surface area (Å²) >= 11 is 0. The van der Waals surface area contributed by atoms with Crippen LogP contribution in [-0.2, 0) is 14.3 Å². The monoisotopic (exact) mass is 341 g/mol. The average molecular weight is 341 g/mol. The number of hydrogen-bond acceptors (Lipinski definition) is 4. The van der Waals surface area contributed by atoms with Gasteiger partial charge < -0.3 is 10.1 Å². The van der Waals surface area contributed by atoms with Gasteiger partial charge in [0.15, 0.2) is 0 Å². The molecular formula is C19H23N3O3. The zero-order valence-electron chi connectivity index (χ0n) is 15.0. The fraction of sp³-hybridized carbons (Fsp3) is 0.421. The maximum atomic E-state index is 12.4. The Kier molecular flexibility index (Phi) is 4.37. The molecule has 0 saturated heterocycles. The summed E-state index contributed by atoms with van der Waals surface area (Å²) in [5.74, 6) is -0.702. The molecule has 25 heavy (non-hydrogen) atoms. The molecule has 1 saturated carbocycles. The molecule has 0 radical (unpaired) electrons. The van der Waals surface area contributed by atoms with Crippen LogP contribution in [0.2, 0.25) is 0 Å². The third-order valence-corrected chi connectivity index (χ3v) is 4.76. The third kappa shape index (κ3) is 3.16. The number of esters is 1. The first-order valence-corrected chi connectivity index (χ1v) is 8.40. The van der Waals surface area contributed by atoms with Crippen molar-refractivity contribution in [2.45, 2.75) is 39.7 Å². The molecule has 6 nitrogen and oxygen atoms in total. The van der Waals surface area contributed by atoms with Gasteiger partial charge in [0.2, 0.25) is 5.91 Å². The van der Waals surface area contributed by atoms with Crippen LogP contribution in [0.4, 0.5) is 0 Å². The Labute approximate surface area is 147 Å². The van der Waals surface area contributed by atoms with E-state index in [0.717, 1.165) is 22.6 Å². The highest BCUT2D eigenvalue weighted by molar-refractivity contribution is 6.05. The molecule has 3 rings (SSSR count). The van der Waals surface area contributed by atoms with Crippen molar-refractivity contribution >= 4 is 11.9 Å². The maximum absolute atomic E-state index is 12.4. The van der Waals surface area contributed by atoms with Crippen LogP contribution in [0.3, 0.4) is 0 Å². The van der Waals surface area contributed by atoms with Crippen molar-refractivity contribution in [3.05, 3.63) is 47.3 Å². The summed E-state index contributed by atoms with van der Waals surface area (Å²) in [5.41, 5.74) is 3.01. The van der Waals surface area contributed by atoms with Gasteiger partial charge in [-0.05, 0) is 57.4 Å². The summed E-state index contributed by atoms with van der Waals surface area (Å²) in [6.45, 7) is 5.88. The van der Waals surface area contributed by atoms with Gasteiger partial charge in [0.25, 0.3) is 0 Å². The van der Waals surface area contributed by atoms with E-state index in [1.54, 1.807) is 0 Å². The molecule has 1 N–H and O–H groups in total. The highest BCUT2D eigenvalue weighted by Crippen LogP contribution is 2.47. The van der Waals surface area contributed by atoms with Crippen molar-refractivity contribution in [2.75, 3.05) is 7.11 Å². The molecule has 1 fully saturated rings. The molecule has 2 aromatic rings. The predicted octanol–water partition coefficient (Wildman–Crippen LogP) is 2.62. The normalized spacial score (nSPS) is 16.2. The summed E-state index contributed by atoms with van der Waals surface area (Å²) in [6.07, 6.45) is 1.10. The summed E-state index contributed by atoms with van der Waals surface area (Å²) < 4.78 is 6.64. The largest absolute Gasteiger partial charge is 0.468 e. The van der Waals surface area contributed by atoms with Crippen LogP contribution in [0.5, 0.6) is 0 Å². The van der Waals surface area contributed by atoms with Crippen LogP contribution in [0, 0.1) is 19.3 Å². The van der Waals surface area contributed by atoms with E-state index in [-0.39, 0.29) is 11.9 Å². The van der Waals surface area contributed by atoms with E-state index in [1.807, 2.05) is 55.8 Å². The second-order valence-corrected chi connectivity index (χ2v) is 6.70. The Bertz CT molecular complexity index is 804. The smallest absolute Gasteiger partial charge is 0.321 e. The van der Waals surface area contributed by atoms with Crippen molar-refractivity contribution in [3.8, 4) is 5.69 Å². The molecular weight excluding hydrogens is 318 g/mol. The van der Waals surface area contributed by atoms with Crippen molar-refractivity contribution in [1.29, 1.82) is 0 Å². The second-order valence-electron chi connectivity index (χ2n) is 6.70. The number of nitrogens with zero attached hydrogens (tertiary/aromatic N) is 2. The molecule has 0 unspecified atom stereocenters. The molecule has 1 atom stereocenters. The number of aromatic nitrogens is 2. The van der Waals surface area contributed by atoms with Crippen LogP contribution >= 0.6 is 0 Å². The number of aryl methyl sites for hydroxylation is 2. The van der Waals surface area contributed by atoms with Crippen LogP contribution in [0.25, 0.3) is 5.69 Å². The van der Waals surface area contributed by atoms with Crippen molar-refractivity contribution < 1.29 is 14.3 Å². The zero-order valence-corrected chi connectivity index (χ0v) is 15.0. The molecule has 0 spiro atoms. The highest BCUT2D eigenvalue weighted by Gasteiger charge is 2.57. The first-order chi connectivity index (χ1) is 11.9. The van der Waals surface area contributed by atoms with Gasteiger partial charge in [-0.2, -0.15) is 5.10 Å². The molecule has 1 aromatic heterocycles. The minimum absolute atomic E-state index is 0.191. The van der Waals surface area contributed by atoms with E-state index < -0.39 is 11.4 Å². The Morgan fingerprint density at radius 3 is 2.36 bits per heavy atom. The molecule has 0 aliphatic heterocycles. The van der Waals surface area contributed by atoms with Crippen LogP contribution in [0.15, 0.2) is 30.3 Å². The molecule has 1 heterocycles. The van der Waals surface area contributed by atoms with Gasteiger partial charge in [0.05, 0.1) is 24.5 Å². The lowest BCUT2D eigenvalue weighted by Gasteiger charge is -2.19. The number of rotatable bonds is 5. The zero-order chi connectivity index (χ0) is 18.2. The number of ether oxygens (including phenoxy) is 1. The molecule has 0 bridgehead atoms. The van der Waals surface area contributed by atoms with Crippen LogP contribution in [-0.4, -0.2) is 28.8 Å². The number of carbonyl (C=O) groups is 2. The van der Waals surface area contributed by atoms with Crippen molar-refractivity contribution in [1.82, 2.24) is 15.1 Å². The number of benzene rings is 1. The predicted molar refractivity (Wildman–Crippen MR) is 93.3 cm³/mol. The standard InChI is InChI=1S/C19H23N3O3/c1-12-11-13(2)22(21-12)16-7-5-15(6-8-16)14(3)20-17(23)19(9-10-19)18(24)25-4/h5-8,11,14H,9-10H2,1-4H3,(H,20,23)/t14-/m0/s1. The highest BCUT2D eigenvalue weighted by atomic mass is 16.5. The Balaban J connectivity index is 1.71. The van der Waals surface area contributed by atoms with E-state index in [0.29, 0.717) is 12.8 Å². The summed E-state index contributed by atoms with van der Waals surface area (Å²) in [6, 6.07) is 9.72. The first-order valence-electron chi connectivity index (χ1n) is 8.40. The van der Waals surface area contributed by atoms with E-state index in [2.05, 4.69) is 10.4 Å². The van der Waals surface area contributed by atoms with E-state index >= 15 is 0 Å². The van der Waals surface area contributed by atoms with Crippen molar-refractivity contribution in [3.63, 3.8) is 0 Å². The Morgan fingerprint density at radius 2 is 1.88 bits per heavy atom. The summed E-state index contributed by atoms with van der Waals surface area (Å²) in [4.78, 5) is 24.2. The molecule has 6 heteroatoms. The number of hydrogen-bond donors (Lipinski definition) is 1. The van der Waals surface area contributed by atoms with Gasteiger partial charge in [0.1, 0.15) is 5.41 Å². The SMILES string of the molecule is COC(=O)C1(C(=O)N[C@@H](C)c2ccc(-n3nc(C)cc3C)cc2)CC1. The van der Waals surface area contributed by atoms with Crippen LogP contribution < -0.4 is 5.32 Å². The number of nitrogens with one attached hydrogen (secondary N) is 1. The minimum atomic E-state index is -0.980. The number of carbonyl (C=O) groups excluding carboxylic acids is 2. The van der Waals surface area contributed by atoms with Gasteiger partial charge >= 0.3 is 5.97 Å². The lowest BCUT2D eigenvalue weighted by Crippen LogP contribution is -2.38. The summed E-state index contributed by atoms with van der Waals surface area (Å²) in [5, 5.41) is 7.39. The molecule has 1 aliphatic carbocycles. The van der Waals surface area contributed by atoms with E-state index in [4.69, 9.17) is 4.74 Å². The van der Waals surface area contributed by atoms with Gasteiger partial charge in [-0.1, -0.05) is 12.1 Å². The summed E-state index contributed by atoms with van der Waals surface area (Å²) in [7, 11) is 1.32. The lowest BCUT2D eigenvalue weighted by atomic mass is 10.0. The van der Waals surface area contributed by atoms with Gasteiger partial charge in [-0.25, -0.2) is 4.68 Å². The fourth-order valence-corrected chi connectivity index (χ4v) is 3.06. The van der Waals surface area contributed by atoms with E-state index in [9.17, 15) is 9.59 Å². The number of methoxy groups -OCH3 is 1. The van der Waals surface area contributed by atoms with Gasteiger partial charge in [-0.3, -0.25) is 9.59 Å². The Morgan fingerprint density at radius 1 is 1.24 bits per heavy atom. The van der Waals surface area contributed by atoms with Gasteiger partial charge in [-0.15, -0.1) is 0 Å². The van der Waals surface area contributed by atoms with E-state index in [1.165, 1.54) is 7.11 Å². The average Bonchev–Trinajstić information content (AvgIpc) is 3.34. The second kappa shape index (κ2) is 6.35. The van der Waals surface area contributed by atoms with Crippen molar-refractivity contribution in [2.24, 2.45) is 5.41 Å². The molecule has 1 aliphatic rings. The minimum Gasteiger partial charge on any atom is -0.468 e. The quantitative estimate of drug-likeness (QED) is 0.670. The fourth-order valence-electron chi connectivity index (χ4n) is 3.06. The Hall–Kier alpha value is -2.63. The molecule has 132 valence electrons. The van der Waals surface area contributed by atoms with Crippen LogP contribution in [0.1, 0.15) is 42.8 Å². The maximum Gasteiger partial charge on any atom is 0.321 e. The third-order valence-electron chi connectivity index (χ3n) is 4.76. The lowest BCUT2D eigenvalue weighted by molar-refractivity contribution is -0.152. The molecule has 1 amide bonds.